The molecule has 0 atom stereocenters. The summed E-state index contributed by atoms with van der Waals surface area (Å²) in [5, 5.41) is 3.14. The van der Waals surface area contributed by atoms with E-state index >= 15 is 0 Å². The van der Waals surface area contributed by atoms with Crippen molar-refractivity contribution in [2.75, 3.05) is 18.4 Å². The number of amides is 2. The third kappa shape index (κ3) is 4.39. The van der Waals surface area contributed by atoms with Gasteiger partial charge in [-0.15, -0.1) is 0 Å². The number of rotatable bonds is 3. The molecule has 0 aliphatic carbocycles. The molecule has 148 valence electrons. The number of nitrogens with zero attached hydrogens (tertiary/aromatic N) is 2. The number of aryl methyl sites for hydroxylation is 1. The molecule has 1 aliphatic heterocycles. The Hall–Kier alpha value is -2.31. The highest BCUT2D eigenvalue weighted by Crippen LogP contribution is 2.22. The number of hydrogen-bond donors (Lipinski definition) is 1. The van der Waals surface area contributed by atoms with Gasteiger partial charge in [0.2, 0.25) is 0 Å². The molecule has 6 nitrogen and oxygen atoms in total. The van der Waals surface area contributed by atoms with Crippen molar-refractivity contribution in [2.45, 2.75) is 19.8 Å². The Labute approximate surface area is 173 Å². The van der Waals surface area contributed by atoms with E-state index < -0.39 is 11.5 Å². The average Bonchev–Trinajstić information content (AvgIpc) is 2.65. The zero-order valence-electron chi connectivity index (χ0n) is 15.7. The van der Waals surface area contributed by atoms with Gasteiger partial charge in [0.25, 0.3) is 17.4 Å². The highest BCUT2D eigenvalue weighted by atomic mass is 35.5. The molecule has 1 saturated heterocycles. The van der Waals surface area contributed by atoms with Crippen molar-refractivity contribution < 1.29 is 9.59 Å². The number of benzene rings is 1. The van der Waals surface area contributed by atoms with Gasteiger partial charge in [0.1, 0.15) is 5.69 Å². The summed E-state index contributed by atoms with van der Waals surface area (Å²) in [5.74, 6) is -0.0964. The predicted octanol–water partition coefficient (Wildman–Crippen LogP) is 3.82. The molecule has 8 heteroatoms. The minimum atomic E-state index is -0.546. The van der Waals surface area contributed by atoms with Crippen LogP contribution in [0.3, 0.4) is 0 Å². The van der Waals surface area contributed by atoms with Gasteiger partial charge in [-0.25, -0.2) is 0 Å². The molecule has 0 saturated carbocycles. The summed E-state index contributed by atoms with van der Waals surface area (Å²) in [5.41, 5.74) is 0.154. The van der Waals surface area contributed by atoms with Crippen LogP contribution in [0.1, 0.15) is 40.5 Å². The van der Waals surface area contributed by atoms with E-state index in [2.05, 4.69) is 12.2 Å². The Morgan fingerprint density at radius 2 is 1.82 bits per heavy atom. The van der Waals surface area contributed by atoms with Gasteiger partial charge in [-0.2, -0.15) is 0 Å². The summed E-state index contributed by atoms with van der Waals surface area (Å²) in [6.45, 7) is 3.54. The van der Waals surface area contributed by atoms with E-state index in [9.17, 15) is 14.4 Å². The summed E-state index contributed by atoms with van der Waals surface area (Å²) in [6, 6.07) is 5.89. The standard InChI is InChI=1S/C20H21Cl2N3O3/c1-12-5-7-25(8-6-12)19(27)13-9-17(20(28)24(2)11-13)23-18(26)15-4-3-14(21)10-16(15)22/h3-4,9-12H,5-8H2,1-2H3,(H,23,26). The minimum absolute atomic E-state index is 0.0229. The predicted molar refractivity (Wildman–Crippen MR) is 110 cm³/mol. The summed E-state index contributed by atoms with van der Waals surface area (Å²) in [4.78, 5) is 39.6. The first-order chi connectivity index (χ1) is 13.3. The van der Waals surface area contributed by atoms with Crippen LogP contribution in [0.5, 0.6) is 0 Å². The van der Waals surface area contributed by atoms with Crippen LogP contribution in [0.2, 0.25) is 10.0 Å². The first kappa shape index (κ1) is 20.4. The molecule has 2 aromatic rings. The zero-order chi connectivity index (χ0) is 20.4. The van der Waals surface area contributed by atoms with Crippen LogP contribution in [0.4, 0.5) is 5.69 Å². The van der Waals surface area contributed by atoms with Gasteiger partial charge in [0, 0.05) is 31.4 Å². The van der Waals surface area contributed by atoms with Crippen molar-refractivity contribution in [1.29, 1.82) is 0 Å². The maximum Gasteiger partial charge on any atom is 0.274 e. The summed E-state index contributed by atoms with van der Waals surface area (Å²) < 4.78 is 1.29. The molecule has 3 rings (SSSR count). The van der Waals surface area contributed by atoms with Crippen LogP contribution in [0.15, 0.2) is 35.3 Å². The second-order valence-electron chi connectivity index (χ2n) is 7.11. The van der Waals surface area contributed by atoms with Crippen LogP contribution in [0.25, 0.3) is 0 Å². The lowest BCUT2D eigenvalue weighted by Gasteiger charge is -2.30. The van der Waals surface area contributed by atoms with Crippen LogP contribution in [-0.4, -0.2) is 34.4 Å². The number of anilines is 1. The van der Waals surface area contributed by atoms with Crippen LogP contribution < -0.4 is 10.9 Å². The highest BCUT2D eigenvalue weighted by Gasteiger charge is 2.23. The maximum absolute atomic E-state index is 12.8. The number of halogens is 2. The number of aromatic nitrogens is 1. The number of pyridine rings is 1. The van der Waals surface area contributed by atoms with Gasteiger partial charge < -0.3 is 14.8 Å². The monoisotopic (exact) mass is 421 g/mol. The number of carbonyl (C=O) groups is 2. The minimum Gasteiger partial charge on any atom is -0.339 e. The summed E-state index contributed by atoms with van der Waals surface area (Å²) in [7, 11) is 1.54. The zero-order valence-corrected chi connectivity index (χ0v) is 17.2. The fourth-order valence-corrected chi connectivity index (χ4v) is 3.67. The number of carbonyl (C=O) groups excluding carboxylic acids is 2. The molecule has 1 fully saturated rings. The van der Waals surface area contributed by atoms with Gasteiger partial charge in [-0.05, 0) is 43.0 Å². The first-order valence-electron chi connectivity index (χ1n) is 9.02. The van der Waals surface area contributed by atoms with Gasteiger partial charge in [-0.3, -0.25) is 14.4 Å². The highest BCUT2D eigenvalue weighted by molar-refractivity contribution is 6.37. The molecule has 0 unspecified atom stereocenters. The van der Waals surface area contributed by atoms with E-state index in [0.29, 0.717) is 29.6 Å². The van der Waals surface area contributed by atoms with Crippen molar-refractivity contribution in [3.05, 3.63) is 62.0 Å². The molecule has 0 spiro atoms. The van der Waals surface area contributed by atoms with Crippen LogP contribution in [-0.2, 0) is 7.05 Å². The van der Waals surface area contributed by atoms with Crippen molar-refractivity contribution in [1.82, 2.24) is 9.47 Å². The lowest BCUT2D eigenvalue weighted by molar-refractivity contribution is 0.0696. The Kier molecular flexibility index (Phi) is 6.10. The van der Waals surface area contributed by atoms with E-state index in [4.69, 9.17) is 23.2 Å². The smallest absolute Gasteiger partial charge is 0.274 e. The second kappa shape index (κ2) is 8.37. The van der Waals surface area contributed by atoms with Gasteiger partial charge in [-0.1, -0.05) is 30.1 Å². The quantitative estimate of drug-likeness (QED) is 0.818. The van der Waals surface area contributed by atoms with Gasteiger partial charge in [0.15, 0.2) is 0 Å². The van der Waals surface area contributed by atoms with E-state index in [1.54, 1.807) is 11.9 Å². The molecule has 1 aromatic heterocycles. The third-order valence-electron chi connectivity index (χ3n) is 4.93. The van der Waals surface area contributed by atoms with Gasteiger partial charge in [0.05, 0.1) is 16.1 Å². The van der Waals surface area contributed by atoms with E-state index in [1.165, 1.54) is 35.0 Å². The third-order valence-corrected chi connectivity index (χ3v) is 5.47. The maximum atomic E-state index is 12.8. The molecule has 0 bridgehead atoms. The van der Waals surface area contributed by atoms with Crippen molar-refractivity contribution in [2.24, 2.45) is 13.0 Å². The lowest BCUT2D eigenvalue weighted by Crippen LogP contribution is -2.38. The molecule has 1 N–H and O–H groups in total. The largest absolute Gasteiger partial charge is 0.339 e. The van der Waals surface area contributed by atoms with Crippen LogP contribution >= 0.6 is 23.2 Å². The van der Waals surface area contributed by atoms with Gasteiger partial charge >= 0.3 is 0 Å². The summed E-state index contributed by atoms with van der Waals surface area (Å²) >= 11 is 11.9. The Morgan fingerprint density at radius 3 is 2.46 bits per heavy atom. The molecule has 1 aromatic carbocycles. The topological polar surface area (TPSA) is 71.4 Å². The van der Waals surface area contributed by atoms with E-state index in [1.807, 2.05) is 0 Å². The SMILES string of the molecule is CC1CCN(C(=O)c2cc(NC(=O)c3ccc(Cl)cc3Cl)c(=O)n(C)c2)CC1. The molecule has 2 amide bonds. The van der Waals surface area contributed by atoms with Crippen LogP contribution in [0, 0.1) is 5.92 Å². The number of nitrogens with one attached hydrogen (secondary N) is 1. The van der Waals surface area contributed by atoms with E-state index in [0.717, 1.165) is 12.8 Å². The molecular formula is C20H21Cl2N3O3. The lowest BCUT2D eigenvalue weighted by atomic mass is 9.99. The number of hydrogen-bond acceptors (Lipinski definition) is 3. The average molecular weight is 422 g/mol. The fourth-order valence-electron chi connectivity index (χ4n) is 3.18. The number of piperidine rings is 1. The molecule has 2 heterocycles. The molecule has 1 aliphatic rings. The Bertz CT molecular complexity index is 979. The molecule has 0 radical (unpaired) electrons. The first-order valence-corrected chi connectivity index (χ1v) is 9.78. The molecule has 28 heavy (non-hydrogen) atoms. The van der Waals surface area contributed by atoms with Crippen molar-refractivity contribution in [3.63, 3.8) is 0 Å². The van der Waals surface area contributed by atoms with E-state index in [-0.39, 0.29) is 22.2 Å². The second-order valence-corrected chi connectivity index (χ2v) is 7.96. The normalized spacial score (nSPS) is 14.8. The Balaban J connectivity index is 1.86. The Morgan fingerprint density at radius 1 is 1.14 bits per heavy atom. The van der Waals surface area contributed by atoms with Crippen molar-refractivity contribution in [3.8, 4) is 0 Å². The fraction of sp³-hybridized carbons (Fsp3) is 0.350. The number of likely N-dealkylation sites (tertiary alicyclic amines) is 1. The summed E-state index contributed by atoms with van der Waals surface area (Å²) in [6.07, 6.45) is 3.40. The molecular weight excluding hydrogens is 401 g/mol. The van der Waals surface area contributed by atoms with Crippen molar-refractivity contribution >= 4 is 40.7 Å².